The van der Waals surface area contributed by atoms with Crippen molar-refractivity contribution in [3.63, 3.8) is 0 Å². The molecule has 2 heterocycles. The minimum Gasteiger partial charge on any atom is -0.348 e. The largest absolute Gasteiger partial charge is 0.348 e. The van der Waals surface area contributed by atoms with Crippen molar-refractivity contribution in [3.8, 4) is 0 Å². The van der Waals surface area contributed by atoms with Crippen LogP contribution in [0.15, 0.2) is 34.9 Å². The average Bonchev–Trinajstić information content (AvgIpc) is 3.08. The van der Waals surface area contributed by atoms with Crippen LogP contribution in [-0.4, -0.2) is 40.0 Å². The summed E-state index contributed by atoms with van der Waals surface area (Å²) in [4.78, 5) is 12.4. The van der Waals surface area contributed by atoms with Crippen LogP contribution >= 0.6 is 28.3 Å². The molecule has 2 N–H and O–H groups in total. The lowest BCUT2D eigenvalue weighted by atomic mass is 10.1. The Kier molecular flexibility index (Phi) is 7.40. The molecule has 1 aromatic carbocycles. The Morgan fingerprint density at radius 1 is 1.40 bits per heavy atom. The van der Waals surface area contributed by atoms with E-state index in [1.165, 1.54) is 5.56 Å². The van der Waals surface area contributed by atoms with Crippen molar-refractivity contribution in [2.24, 2.45) is 0 Å². The Hall–Kier alpha value is -1.44. The van der Waals surface area contributed by atoms with Gasteiger partial charge in [0.25, 0.3) is 5.91 Å². The highest BCUT2D eigenvalue weighted by atomic mass is 79.9. The summed E-state index contributed by atoms with van der Waals surface area (Å²) in [5.74, 6) is -0.172. The van der Waals surface area contributed by atoms with Gasteiger partial charge in [0.15, 0.2) is 5.69 Å². The third kappa shape index (κ3) is 5.26. The van der Waals surface area contributed by atoms with E-state index in [9.17, 15) is 4.79 Å². The van der Waals surface area contributed by atoms with Gasteiger partial charge in [-0.05, 0) is 50.9 Å². The normalized spacial score (nSPS) is 16.1. The van der Waals surface area contributed by atoms with Crippen molar-refractivity contribution in [1.82, 2.24) is 25.6 Å². The molecule has 1 fully saturated rings. The predicted octanol–water partition coefficient (Wildman–Crippen LogP) is 2.75. The van der Waals surface area contributed by atoms with E-state index >= 15 is 0 Å². The number of carbonyl (C=O) groups is 1. The van der Waals surface area contributed by atoms with Crippen molar-refractivity contribution in [1.29, 1.82) is 0 Å². The van der Waals surface area contributed by atoms with Crippen LogP contribution < -0.4 is 10.6 Å². The molecule has 0 spiro atoms. The van der Waals surface area contributed by atoms with E-state index in [0.29, 0.717) is 11.7 Å². The molecule has 3 rings (SSSR count). The highest BCUT2D eigenvalue weighted by Gasteiger charge is 2.19. The zero-order valence-electron chi connectivity index (χ0n) is 14.1. The monoisotopic (exact) mass is 427 g/mol. The second-order valence-corrected chi connectivity index (χ2v) is 7.09. The quantitative estimate of drug-likeness (QED) is 0.768. The summed E-state index contributed by atoms with van der Waals surface area (Å²) in [6, 6.07) is 8.39. The molecule has 0 aliphatic carbocycles. The van der Waals surface area contributed by atoms with Gasteiger partial charge in [0.1, 0.15) is 0 Å². The molecule has 1 aliphatic heterocycles. The first-order chi connectivity index (χ1) is 11.6. The second-order valence-electron chi connectivity index (χ2n) is 6.24. The number of rotatable bonds is 5. The van der Waals surface area contributed by atoms with Crippen LogP contribution in [0.3, 0.4) is 0 Å². The molecule has 1 saturated heterocycles. The van der Waals surface area contributed by atoms with E-state index in [0.717, 1.165) is 36.8 Å². The maximum atomic E-state index is 12.4. The Balaban J connectivity index is 0.00000225. The van der Waals surface area contributed by atoms with Crippen molar-refractivity contribution in [3.05, 3.63) is 46.2 Å². The number of nitrogens with one attached hydrogen (secondary N) is 2. The Morgan fingerprint density at radius 2 is 2.12 bits per heavy atom. The van der Waals surface area contributed by atoms with Crippen molar-refractivity contribution in [2.45, 2.75) is 38.3 Å². The van der Waals surface area contributed by atoms with E-state index < -0.39 is 0 Å². The van der Waals surface area contributed by atoms with Gasteiger partial charge in [-0.2, -0.15) is 0 Å². The predicted molar refractivity (Wildman–Crippen MR) is 103 cm³/mol. The van der Waals surface area contributed by atoms with Crippen LogP contribution in [-0.2, 0) is 6.42 Å². The van der Waals surface area contributed by atoms with Gasteiger partial charge in [0, 0.05) is 10.5 Å². The summed E-state index contributed by atoms with van der Waals surface area (Å²) in [7, 11) is 0. The third-order valence-electron chi connectivity index (χ3n) is 4.29. The second kappa shape index (κ2) is 9.31. The number of nitrogens with zero attached hydrogens (tertiary/aromatic N) is 3. The smallest absolute Gasteiger partial charge is 0.273 e. The summed E-state index contributed by atoms with van der Waals surface area (Å²) in [5, 5.41) is 14.5. The van der Waals surface area contributed by atoms with Crippen molar-refractivity contribution >= 4 is 34.2 Å². The maximum absolute atomic E-state index is 12.4. The summed E-state index contributed by atoms with van der Waals surface area (Å²) >= 11 is 3.54. The number of carbonyl (C=O) groups excluding carboxylic acids is 1. The number of hydrogen-bond donors (Lipinski definition) is 2. The molecular formula is C17H23BrClN5O. The fourth-order valence-electron chi connectivity index (χ4n) is 2.97. The van der Waals surface area contributed by atoms with Crippen molar-refractivity contribution in [2.75, 3.05) is 13.1 Å². The molecule has 1 unspecified atom stereocenters. The molecule has 136 valence electrons. The number of aromatic nitrogens is 3. The zero-order chi connectivity index (χ0) is 16.9. The summed E-state index contributed by atoms with van der Waals surface area (Å²) < 4.78 is 2.89. The van der Waals surface area contributed by atoms with E-state index in [1.54, 1.807) is 6.20 Å². The first-order valence-electron chi connectivity index (χ1n) is 8.30. The van der Waals surface area contributed by atoms with Gasteiger partial charge in [-0.1, -0.05) is 39.3 Å². The molecule has 0 bridgehead atoms. The van der Waals surface area contributed by atoms with Gasteiger partial charge in [0.05, 0.1) is 12.2 Å². The number of hydrogen-bond acceptors (Lipinski definition) is 4. The lowest BCUT2D eigenvalue weighted by Crippen LogP contribution is -2.34. The minimum absolute atomic E-state index is 0. The molecule has 25 heavy (non-hydrogen) atoms. The topological polar surface area (TPSA) is 71.8 Å². The molecule has 0 radical (unpaired) electrons. The van der Waals surface area contributed by atoms with Crippen LogP contribution in [0.5, 0.6) is 0 Å². The summed E-state index contributed by atoms with van der Waals surface area (Å²) in [5.41, 5.74) is 1.55. The van der Waals surface area contributed by atoms with Gasteiger partial charge in [-0.3, -0.25) is 4.79 Å². The molecule has 1 aliphatic rings. The van der Waals surface area contributed by atoms with Crippen LogP contribution in [0.4, 0.5) is 0 Å². The van der Waals surface area contributed by atoms with Crippen LogP contribution in [0.2, 0.25) is 0 Å². The van der Waals surface area contributed by atoms with Gasteiger partial charge >= 0.3 is 0 Å². The number of amides is 1. The molecular weight excluding hydrogens is 406 g/mol. The molecule has 1 amide bonds. The molecule has 8 heteroatoms. The Bertz CT molecular complexity index is 702. The fourth-order valence-corrected chi connectivity index (χ4v) is 3.42. The lowest BCUT2D eigenvalue weighted by molar-refractivity contribution is 0.0935. The number of benzene rings is 1. The fraction of sp³-hybridized carbons (Fsp3) is 0.471. The van der Waals surface area contributed by atoms with E-state index in [4.69, 9.17) is 0 Å². The molecule has 1 aromatic heterocycles. The molecule has 0 saturated carbocycles. The minimum atomic E-state index is -0.172. The first kappa shape index (κ1) is 19.9. The maximum Gasteiger partial charge on any atom is 0.273 e. The van der Waals surface area contributed by atoms with Crippen LogP contribution in [0, 0.1) is 0 Å². The van der Waals surface area contributed by atoms with Crippen LogP contribution in [0.1, 0.15) is 41.9 Å². The molecule has 1 atom stereocenters. The Labute approximate surface area is 162 Å². The number of piperidine rings is 1. The van der Waals surface area contributed by atoms with E-state index in [1.807, 2.05) is 29.8 Å². The van der Waals surface area contributed by atoms with Crippen LogP contribution in [0.25, 0.3) is 0 Å². The number of halogens is 2. The lowest BCUT2D eigenvalue weighted by Gasteiger charge is -2.22. The van der Waals surface area contributed by atoms with Gasteiger partial charge in [-0.25, -0.2) is 4.68 Å². The van der Waals surface area contributed by atoms with E-state index in [-0.39, 0.29) is 24.4 Å². The summed E-state index contributed by atoms with van der Waals surface area (Å²) in [6.45, 7) is 3.96. The van der Waals surface area contributed by atoms with Gasteiger partial charge < -0.3 is 10.6 Å². The molecule has 6 nitrogen and oxygen atoms in total. The Morgan fingerprint density at radius 3 is 2.84 bits per heavy atom. The van der Waals surface area contributed by atoms with Crippen molar-refractivity contribution < 1.29 is 4.79 Å². The first-order valence-corrected chi connectivity index (χ1v) is 9.09. The zero-order valence-corrected chi connectivity index (χ0v) is 16.5. The summed E-state index contributed by atoms with van der Waals surface area (Å²) in [6.07, 6.45) is 4.55. The SMILES string of the molecule is CC(Cc1ccccc1Br)NC(=O)c1cn(C2CCNCC2)nn1.Cl. The highest BCUT2D eigenvalue weighted by Crippen LogP contribution is 2.18. The van der Waals surface area contributed by atoms with E-state index in [2.05, 4.69) is 42.9 Å². The highest BCUT2D eigenvalue weighted by molar-refractivity contribution is 9.10. The van der Waals surface area contributed by atoms with Gasteiger partial charge in [-0.15, -0.1) is 17.5 Å². The third-order valence-corrected chi connectivity index (χ3v) is 5.06. The average molecular weight is 429 g/mol. The molecule has 2 aromatic rings. The standard InChI is InChI=1S/C17H22BrN5O.ClH/c1-12(10-13-4-2-3-5-15(13)18)20-17(24)16-11-23(22-21-16)14-6-8-19-9-7-14;/h2-5,11-12,14,19H,6-10H2,1H3,(H,20,24);1H. The van der Waals surface area contributed by atoms with Gasteiger partial charge in [0.2, 0.25) is 0 Å².